The Morgan fingerprint density at radius 2 is 1.82 bits per heavy atom. The number of aromatic amines is 1. The fourth-order valence-electron chi connectivity index (χ4n) is 3.94. The molecule has 3 heterocycles. The van der Waals surface area contributed by atoms with Gasteiger partial charge in [0, 0.05) is 43.6 Å². The SMILES string of the molecule is Cc1ccc2[nH]c(C(=O)N3CCN(Cc4ccc5c(c4)OCO5)CC3)cc2c1. The third-order valence-corrected chi connectivity index (χ3v) is 5.51. The molecule has 0 atom stereocenters. The number of nitrogens with zero attached hydrogens (tertiary/aromatic N) is 2. The van der Waals surface area contributed by atoms with E-state index in [2.05, 4.69) is 35.0 Å². The molecular formula is C22H23N3O3. The molecule has 2 aliphatic rings. The lowest BCUT2D eigenvalue weighted by Crippen LogP contribution is -2.48. The van der Waals surface area contributed by atoms with Gasteiger partial charge in [0.15, 0.2) is 11.5 Å². The molecule has 28 heavy (non-hydrogen) atoms. The average Bonchev–Trinajstić information content (AvgIpc) is 3.34. The molecule has 2 aromatic carbocycles. The number of aryl methyl sites for hydroxylation is 1. The zero-order valence-corrected chi connectivity index (χ0v) is 15.9. The maximum absolute atomic E-state index is 12.9. The summed E-state index contributed by atoms with van der Waals surface area (Å²) in [6.45, 7) is 6.40. The van der Waals surface area contributed by atoms with Crippen LogP contribution in [0.1, 0.15) is 21.6 Å². The highest BCUT2D eigenvalue weighted by molar-refractivity contribution is 5.98. The molecule has 1 N–H and O–H groups in total. The van der Waals surface area contributed by atoms with Crippen molar-refractivity contribution in [2.45, 2.75) is 13.5 Å². The number of hydrogen-bond donors (Lipinski definition) is 1. The number of carbonyl (C=O) groups excluding carboxylic acids is 1. The molecule has 0 unspecified atom stereocenters. The van der Waals surface area contributed by atoms with E-state index in [9.17, 15) is 4.79 Å². The van der Waals surface area contributed by atoms with Gasteiger partial charge < -0.3 is 19.4 Å². The first-order chi connectivity index (χ1) is 13.7. The van der Waals surface area contributed by atoms with Gasteiger partial charge >= 0.3 is 0 Å². The number of nitrogens with one attached hydrogen (secondary N) is 1. The van der Waals surface area contributed by atoms with Crippen LogP contribution in [0.15, 0.2) is 42.5 Å². The topological polar surface area (TPSA) is 57.8 Å². The lowest BCUT2D eigenvalue weighted by molar-refractivity contribution is 0.0623. The summed E-state index contributed by atoms with van der Waals surface area (Å²) in [6, 6.07) is 14.3. The first-order valence-electron chi connectivity index (χ1n) is 9.65. The molecule has 0 saturated carbocycles. The predicted octanol–water partition coefficient (Wildman–Crippen LogP) is 3.16. The number of ether oxygens (including phenoxy) is 2. The maximum Gasteiger partial charge on any atom is 0.270 e. The first kappa shape index (κ1) is 17.1. The quantitative estimate of drug-likeness (QED) is 0.762. The number of fused-ring (bicyclic) bond motifs is 2. The zero-order chi connectivity index (χ0) is 19.1. The maximum atomic E-state index is 12.9. The van der Waals surface area contributed by atoms with E-state index in [4.69, 9.17) is 9.47 Å². The zero-order valence-electron chi connectivity index (χ0n) is 15.9. The summed E-state index contributed by atoms with van der Waals surface area (Å²) in [4.78, 5) is 20.5. The number of H-pyrrole nitrogens is 1. The van der Waals surface area contributed by atoms with E-state index in [1.165, 1.54) is 11.1 Å². The molecule has 1 fully saturated rings. The highest BCUT2D eigenvalue weighted by atomic mass is 16.7. The Balaban J connectivity index is 1.22. The molecule has 1 saturated heterocycles. The van der Waals surface area contributed by atoms with Crippen LogP contribution in [-0.2, 0) is 6.54 Å². The van der Waals surface area contributed by atoms with Crippen molar-refractivity contribution in [3.05, 3.63) is 59.3 Å². The summed E-state index contributed by atoms with van der Waals surface area (Å²) in [7, 11) is 0. The number of piperazine rings is 1. The van der Waals surface area contributed by atoms with Crippen LogP contribution in [0.5, 0.6) is 11.5 Å². The summed E-state index contributed by atoms with van der Waals surface area (Å²) >= 11 is 0. The Bertz CT molecular complexity index is 1030. The number of carbonyl (C=O) groups is 1. The molecule has 0 bridgehead atoms. The molecule has 6 heteroatoms. The van der Waals surface area contributed by atoms with Gasteiger partial charge in [-0.2, -0.15) is 0 Å². The van der Waals surface area contributed by atoms with E-state index in [0.29, 0.717) is 12.5 Å². The molecule has 6 nitrogen and oxygen atoms in total. The molecule has 1 amide bonds. The second kappa shape index (κ2) is 6.87. The molecule has 0 aliphatic carbocycles. The third-order valence-electron chi connectivity index (χ3n) is 5.51. The summed E-state index contributed by atoms with van der Waals surface area (Å²) in [5.41, 5.74) is 4.08. The van der Waals surface area contributed by atoms with Gasteiger partial charge in [-0.15, -0.1) is 0 Å². The van der Waals surface area contributed by atoms with E-state index >= 15 is 0 Å². The molecule has 144 valence electrons. The van der Waals surface area contributed by atoms with Gasteiger partial charge in [-0.1, -0.05) is 17.7 Å². The van der Waals surface area contributed by atoms with Crippen LogP contribution in [0.25, 0.3) is 10.9 Å². The molecule has 0 spiro atoms. The predicted molar refractivity (Wildman–Crippen MR) is 107 cm³/mol. The van der Waals surface area contributed by atoms with Gasteiger partial charge in [0.25, 0.3) is 5.91 Å². The van der Waals surface area contributed by atoms with E-state index in [1.54, 1.807) is 0 Å². The van der Waals surface area contributed by atoms with Gasteiger partial charge in [0.2, 0.25) is 6.79 Å². The number of aromatic nitrogens is 1. The number of hydrogen-bond acceptors (Lipinski definition) is 4. The summed E-state index contributed by atoms with van der Waals surface area (Å²) in [5, 5.41) is 1.09. The van der Waals surface area contributed by atoms with E-state index in [1.807, 2.05) is 29.2 Å². The standard InChI is InChI=1S/C22H23N3O3/c1-15-2-4-18-17(10-15)12-19(23-18)22(26)25-8-6-24(7-9-25)13-16-3-5-20-21(11-16)28-14-27-20/h2-5,10-12,23H,6-9,13-14H2,1H3. The van der Waals surface area contributed by atoms with Crippen molar-refractivity contribution < 1.29 is 14.3 Å². The van der Waals surface area contributed by atoms with Crippen molar-refractivity contribution in [3.63, 3.8) is 0 Å². The lowest BCUT2D eigenvalue weighted by Gasteiger charge is -2.34. The van der Waals surface area contributed by atoms with Crippen molar-refractivity contribution in [2.24, 2.45) is 0 Å². The Kier molecular flexibility index (Phi) is 4.20. The van der Waals surface area contributed by atoms with Gasteiger partial charge in [-0.05, 0) is 42.8 Å². The summed E-state index contributed by atoms with van der Waals surface area (Å²) in [6.07, 6.45) is 0. The van der Waals surface area contributed by atoms with Crippen LogP contribution >= 0.6 is 0 Å². The van der Waals surface area contributed by atoms with E-state index < -0.39 is 0 Å². The van der Waals surface area contributed by atoms with Crippen LogP contribution in [0, 0.1) is 6.92 Å². The van der Waals surface area contributed by atoms with Crippen LogP contribution in [-0.4, -0.2) is 53.7 Å². The van der Waals surface area contributed by atoms with E-state index in [0.717, 1.165) is 55.1 Å². The Labute approximate surface area is 163 Å². The fraction of sp³-hybridized carbons (Fsp3) is 0.318. The van der Waals surface area contributed by atoms with Gasteiger partial charge in [0.1, 0.15) is 5.69 Å². The smallest absolute Gasteiger partial charge is 0.270 e. The molecule has 2 aliphatic heterocycles. The van der Waals surface area contributed by atoms with Crippen LogP contribution in [0.2, 0.25) is 0 Å². The third kappa shape index (κ3) is 3.20. The lowest BCUT2D eigenvalue weighted by atomic mass is 10.1. The monoisotopic (exact) mass is 377 g/mol. The molecule has 5 rings (SSSR count). The van der Waals surface area contributed by atoms with Gasteiger partial charge in [-0.3, -0.25) is 9.69 Å². The van der Waals surface area contributed by atoms with Crippen molar-refractivity contribution in [3.8, 4) is 11.5 Å². The van der Waals surface area contributed by atoms with Crippen molar-refractivity contribution in [1.82, 2.24) is 14.8 Å². The van der Waals surface area contributed by atoms with Crippen molar-refractivity contribution in [1.29, 1.82) is 0 Å². The largest absolute Gasteiger partial charge is 0.454 e. The highest BCUT2D eigenvalue weighted by Crippen LogP contribution is 2.32. The molecule has 1 aromatic heterocycles. The Morgan fingerprint density at radius 1 is 1.00 bits per heavy atom. The minimum Gasteiger partial charge on any atom is -0.454 e. The van der Waals surface area contributed by atoms with E-state index in [-0.39, 0.29) is 5.91 Å². The number of amides is 1. The molecular weight excluding hydrogens is 354 g/mol. The highest BCUT2D eigenvalue weighted by Gasteiger charge is 2.24. The molecule has 0 radical (unpaired) electrons. The number of rotatable bonds is 3. The normalized spacial score (nSPS) is 16.7. The van der Waals surface area contributed by atoms with Gasteiger partial charge in [-0.25, -0.2) is 0 Å². The van der Waals surface area contributed by atoms with Crippen LogP contribution in [0.3, 0.4) is 0 Å². The fourth-order valence-corrected chi connectivity index (χ4v) is 3.94. The Morgan fingerprint density at radius 3 is 2.68 bits per heavy atom. The van der Waals surface area contributed by atoms with Crippen LogP contribution < -0.4 is 9.47 Å². The molecule has 3 aromatic rings. The second-order valence-electron chi connectivity index (χ2n) is 7.53. The Hall–Kier alpha value is -2.99. The average molecular weight is 377 g/mol. The summed E-state index contributed by atoms with van der Waals surface area (Å²) in [5.74, 6) is 1.71. The minimum atomic E-state index is 0.0802. The number of benzene rings is 2. The van der Waals surface area contributed by atoms with Gasteiger partial charge in [0.05, 0.1) is 0 Å². The van der Waals surface area contributed by atoms with Crippen LogP contribution in [0.4, 0.5) is 0 Å². The second-order valence-corrected chi connectivity index (χ2v) is 7.53. The summed E-state index contributed by atoms with van der Waals surface area (Å²) < 4.78 is 10.8. The van der Waals surface area contributed by atoms with Crippen molar-refractivity contribution >= 4 is 16.8 Å². The van der Waals surface area contributed by atoms with Crippen molar-refractivity contribution in [2.75, 3.05) is 33.0 Å². The minimum absolute atomic E-state index is 0.0802. The first-order valence-corrected chi connectivity index (χ1v) is 9.65.